The molecule has 8 nitrogen and oxygen atoms in total. The predicted octanol–water partition coefficient (Wildman–Crippen LogP) is 5.78. The average Bonchev–Trinajstić information content (AvgIpc) is 3.78. The first-order chi connectivity index (χ1) is 20.5. The molecule has 3 fully saturated rings. The summed E-state index contributed by atoms with van der Waals surface area (Å²) in [6.07, 6.45) is 5.51. The second kappa shape index (κ2) is 11.6. The number of ketones is 1. The van der Waals surface area contributed by atoms with Crippen molar-refractivity contribution in [1.29, 1.82) is 0 Å². The van der Waals surface area contributed by atoms with E-state index in [1.807, 2.05) is 50.2 Å². The van der Waals surface area contributed by atoms with E-state index in [-0.39, 0.29) is 17.8 Å². The maximum Gasteiger partial charge on any atom is 0.213 e. The van der Waals surface area contributed by atoms with Crippen molar-refractivity contribution >= 4 is 16.9 Å². The Labute approximate surface area is 247 Å². The van der Waals surface area contributed by atoms with Crippen LogP contribution in [0.5, 0.6) is 5.88 Å². The van der Waals surface area contributed by atoms with Gasteiger partial charge in [-0.25, -0.2) is 15.0 Å². The topological polar surface area (TPSA) is 82.4 Å². The molecule has 8 heteroatoms. The smallest absolute Gasteiger partial charge is 0.213 e. The van der Waals surface area contributed by atoms with Crippen molar-refractivity contribution in [2.24, 2.45) is 5.92 Å². The van der Waals surface area contributed by atoms with Gasteiger partial charge in [0, 0.05) is 41.5 Å². The largest absolute Gasteiger partial charge is 0.473 e. The number of ether oxygens (including phenoxy) is 2. The number of hydrogen-bond acceptors (Lipinski definition) is 7. The zero-order valence-corrected chi connectivity index (χ0v) is 24.6. The van der Waals surface area contributed by atoms with Crippen molar-refractivity contribution in [3.05, 3.63) is 82.4 Å². The van der Waals surface area contributed by atoms with Crippen LogP contribution in [-0.4, -0.2) is 56.0 Å². The van der Waals surface area contributed by atoms with E-state index in [4.69, 9.17) is 24.4 Å². The molecule has 7 rings (SSSR count). The summed E-state index contributed by atoms with van der Waals surface area (Å²) in [4.78, 5) is 29.6. The van der Waals surface area contributed by atoms with Gasteiger partial charge in [0.2, 0.25) is 5.88 Å². The molecule has 0 amide bonds. The van der Waals surface area contributed by atoms with E-state index in [1.165, 1.54) is 0 Å². The molecule has 218 valence electrons. The molecule has 1 aliphatic carbocycles. The molecular weight excluding hydrogens is 526 g/mol. The SMILES string of the molecule is Cc1ccc2nc(CN3CCC(c4cccc(OCc5ccc(C(=O)C6CC6)cc5C)n4)CC3)n(C[C@@H]3CCO3)c2n1. The first kappa shape index (κ1) is 27.2. The van der Waals surface area contributed by atoms with E-state index in [1.54, 1.807) is 0 Å². The number of aromatic nitrogens is 4. The summed E-state index contributed by atoms with van der Waals surface area (Å²) in [6, 6.07) is 16.2. The first-order valence-corrected chi connectivity index (χ1v) is 15.4. The third-order valence-electron chi connectivity index (χ3n) is 9.06. The third-order valence-corrected chi connectivity index (χ3v) is 9.06. The zero-order valence-electron chi connectivity index (χ0n) is 24.6. The summed E-state index contributed by atoms with van der Waals surface area (Å²) >= 11 is 0. The van der Waals surface area contributed by atoms with Crippen molar-refractivity contribution in [1.82, 2.24) is 24.4 Å². The van der Waals surface area contributed by atoms with Crippen LogP contribution in [0.3, 0.4) is 0 Å². The highest BCUT2D eigenvalue weighted by Gasteiger charge is 2.30. The summed E-state index contributed by atoms with van der Waals surface area (Å²) in [5.41, 5.74) is 7.04. The second-order valence-electron chi connectivity index (χ2n) is 12.2. The molecule has 2 aliphatic heterocycles. The Morgan fingerprint density at radius 2 is 1.81 bits per heavy atom. The number of pyridine rings is 2. The van der Waals surface area contributed by atoms with Crippen molar-refractivity contribution < 1.29 is 14.3 Å². The highest BCUT2D eigenvalue weighted by Crippen LogP contribution is 2.33. The van der Waals surface area contributed by atoms with Crippen molar-refractivity contribution in [3.8, 4) is 5.88 Å². The van der Waals surface area contributed by atoms with Gasteiger partial charge >= 0.3 is 0 Å². The maximum atomic E-state index is 12.4. The van der Waals surface area contributed by atoms with Crippen molar-refractivity contribution in [2.45, 2.75) is 77.7 Å². The Balaban J connectivity index is 0.968. The third kappa shape index (κ3) is 5.83. The van der Waals surface area contributed by atoms with Gasteiger partial charge in [-0.2, -0.15) is 0 Å². The van der Waals surface area contributed by atoms with Crippen LogP contribution in [0.1, 0.15) is 76.7 Å². The van der Waals surface area contributed by atoms with E-state index in [0.29, 0.717) is 18.4 Å². The Morgan fingerprint density at radius 3 is 2.55 bits per heavy atom. The van der Waals surface area contributed by atoms with Gasteiger partial charge in [-0.1, -0.05) is 18.2 Å². The lowest BCUT2D eigenvalue weighted by atomic mass is 9.93. The number of hydrogen-bond donors (Lipinski definition) is 0. The number of likely N-dealkylation sites (tertiary alicyclic amines) is 1. The zero-order chi connectivity index (χ0) is 28.6. The van der Waals surface area contributed by atoms with Gasteiger partial charge < -0.3 is 14.0 Å². The summed E-state index contributed by atoms with van der Waals surface area (Å²) in [7, 11) is 0. The minimum atomic E-state index is 0.238. The van der Waals surface area contributed by atoms with E-state index in [9.17, 15) is 4.79 Å². The van der Waals surface area contributed by atoms with Gasteiger partial charge in [0.05, 0.1) is 19.2 Å². The van der Waals surface area contributed by atoms with Gasteiger partial charge in [0.25, 0.3) is 0 Å². The van der Waals surface area contributed by atoms with E-state index >= 15 is 0 Å². The monoisotopic (exact) mass is 565 g/mol. The van der Waals surface area contributed by atoms with Crippen LogP contribution in [0, 0.1) is 19.8 Å². The Bertz CT molecular complexity index is 1600. The van der Waals surface area contributed by atoms with Crippen LogP contribution in [0.4, 0.5) is 0 Å². The molecule has 5 heterocycles. The Kier molecular flexibility index (Phi) is 7.50. The molecule has 1 atom stereocenters. The van der Waals surface area contributed by atoms with E-state index < -0.39 is 0 Å². The fraction of sp³-hybridized carbons (Fsp3) is 0.471. The van der Waals surface area contributed by atoms with Crippen molar-refractivity contribution in [3.63, 3.8) is 0 Å². The minimum Gasteiger partial charge on any atom is -0.473 e. The maximum absolute atomic E-state index is 12.4. The molecule has 4 aromatic rings. The number of piperidine rings is 1. The lowest BCUT2D eigenvalue weighted by molar-refractivity contribution is -0.0593. The molecular formula is C34H39N5O3. The number of benzene rings is 1. The standard InChI is InChI=1S/C34H39N5O3/c1-22-18-26(33(40)25-7-8-25)9-10-27(22)21-42-32-5-3-4-29(37-32)24-12-15-38(16-13-24)20-31-36-30-11-6-23(2)35-34(30)39(31)19-28-14-17-41-28/h3-6,9-11,18,24-25,28H,7-8,12-17,19-21H2,1-2H3/t28-/m0/s1. The lowest BCUT2D eigenvalue weighted by Crippen LogP contribution is -2.35. The van der Waals surface area contributed by atoms with Crippen LogP contribution >= 0.6 is 0 Å². The number of carbonyl (C=O) groups excluding carboxylic acids is 1. The molecule has 2 saturated heterocycles. The molecule has 3 aromatic heterocycles. The first-order valence-electron chi connectivity index (χ1n) is 15.4. The number of nitrogens with zero attached hydrogens (tertiary/aromatic N) is 5. The minimum absolute atomic E-state index is 0.238. The summed E-state index contributed by atoms with van der Waals surface area (Å²) < 4.78 is 14.2. The molecule has 1 aromatic carbocycles. The summed E-state index contributed by atoms with van der Waals surface area (Å²) in [6.45, 7) is 9.01. The molecule has 3 aliphatic rings. The molecule has 0 spiro atoms. The van der Waals surface area contributed by atoms with Crippen LogP contribution in [-0.2, 0) is 24.4 Å². The normalized spacial score (nSPS) is 19.6. The van der Waals surface area contributed by atoms with Crippen LogP contribution in [0.2, 0.25) is 0 Å². The average molecular weight is 566 g/mol. The number of Topliss-reactive ketones (excluding diaryl/α,β-unsaturated/α-hetero) is 1. The van der Waals surface area contributed by atoms with Gasteiger partial charge in [-0.3, -0.25) is 9.69 Å². The second-order valence-corrected chi connectivity index (χ2v) is 12.2. The lowest BCUT2D eigenvalue weighted by Gasteiger charge is -2.32. The number of carbonyl (C=O) groups is 1. The molecule has 42 heavy (non-hydrogen) atoms. The highest BCUT2D eigenvalue weighted by molar-refractivity contribution is 5.99. The van der Waals surface area contributed by atoms with Gasteiger partial charge in [-0.15, -0.1) is 0 Å². The number of imidazole rings is 1. The molecule has 0 unspecified atom stereocenters. The predicted molar refractivity (Wildman–Crippen MR) is 161 cm³/mol. The van der Waals surface area contributed by atoms with E-state index in [2.05, 4.69) is 21.6 Å². The van der Waals surface area contributed by atoms with Crippen LogP contribution in [0.25, 0.3) is 11.2 Å². The van der Waals surface area contributed by atoms with Gasteiger partial charge in [0.1, 0.15) is 17.9 Å². The fourth-order valence-electron chi connectivity index (χ4n) is 6.16. The van der Waals surface area contributed by atoms with Crippen LogP contribution in [0.15, 0.2) is 48.5 Å². The number of rotatable bonds is 10. The number of fused-ring (bicyclic) bond motifs is 1. The molecule has 0 radical (unpaired) electrons. The Hall–Kier alpha value is -3.62. The van der Waals surface area contributed by atoms with Gasteiger partial charge in [-0.05, 0) is 94.4 Å². The quantitative estimate of drug-likeness (QED) is 0.225. The highest BCUT2D eigenvalue weighted by atomic mass is 16.5. The Morgan fingerprint density at radius 1 is 0.976 bits per heavy atom. The van der Waals surface area contributed by atoms with Crippen LogP contribution < -0.4 is 4.74 Å². The molecule has 0 bridgehead atoms. The fourth-order valence-corrected chi connectivity index (χ4v) is 6.16. The van der Waals surface area contributed by atoms with E-state index in [0.717, 1.165) is 110 Å². The van der Waals surface area contributed by atoms with Crippen molar-refractivity contribution in [2.75, 3.05) is 19.7 Å². The molecule has 0 N–H and O–H groups in total. The summed E-state index contributed by atoms with van der Waals surface area (Å²) in [5.74, 6) is 2.65. The van der Waals surface area contributed by atoms with Gasteiger partial charge in [0.15, 0.2) is 11.4 Å². The molecule has 1 saturated carbocycles. The number of aryl methyl sites for hydroxylation is 2. The summed E-state index contributed by atoms with van der Waals surface area (Å²) in [5, 5.41) is 0.